The number of halogens is 3. The highest BCUT2D eigenvalue weighted by atomic mass is 79.9. The van der Waals surface area contributed by atoms with Crippen molar-refractivity contribution in [2.45, 2.75) is 6.61 Å². The lowest BCUT2D eigenvalue weighted by atomic mass is 10.3. The molecule has 0 amide bonds. The summed E-state index contributed by atoms with van der Waals surface area (Å²) in [6.45, 7) is 0.214. The number of pyridine rings is 1. The van der Waals surface area contributed by atoms with Crippen molar-refractivity contribution in [2.75, 3.05) is 5.73 Å². The Morgan fingerprint density at radius 1 is 1.28 bits per heavy atom. The van der Waals surface area contributed by atoms with E-state index in [1.54, 1.807) is 24.4 Å². The van der Waals surface area contributed by atoms with Crippen molar-refractivity contribution in [1.82, 2.24) is 4.98 Å². The maximum atomic E-state index is 6.02. The standard InChI is InChI=1S/C12H9BrCl2N2O/c13-7-1-2-10(16)11(5-7)18-6-8-9(14)3-4-17-12(8)15/h1-5H,6,16H2. The van der Waals surface area contributed by atoms with Gasteiger partial charge in [-0.1, -0.05) is 39.1 Å². The van der Waals surface area contributed by atoms with E-state index >= 15 is 0 Å². The van der Waals surface area contributed by atoms with E-state index in [4.69, 9.17) is 33.7 Å². The van der Waals surface area contributed by atoms with Crippen LogP contribution in [0.25, 0.3) is 0 Å². The minimum absolute atomic E-state index is 0.214. The van der Waals surface area contributed by atoms with Crippen molar-refractivity contribution in [1.29, 1.82) is 0 Å². The minimum atomic E-state index is 0.214. The maximum absolute atomic E-state index is 6.02. The first-order chi connectivity index (χ1) is 8.58. The number of hydrogen-bond acceptors (Lipinski definition) is 3. The fourth-order valence-electron chi connectivity index (χ4n) is 1.36. The number of nitrogens with zero attached hydrogens (tertiary/aromatic N) is 1. The summed E-state index contributed by atoms with van der Waals surface area (Å²) in [7, 11) is 0. The molecule has 3 nitrogen and oxygen atoms in total. The average molecular weight is 348 g/mol. The number of benzene rings is 1. The first-order valence-electron chi connectivity index (χ1n) is 5.04. The summed E-state index contributed by atoms with van der Waals surface area (Å²) in [5.74, 6) is 0.570. The molecular formula is C12H9BrCl2N2O. The number of anilines is 1. The van der Waals surface area contributed by atoms with E-state index in [0.717, 1.165) is 4.47 Å². The molecule has 0 bridgehead atoms. The fraction of sp³-hybridized carbons (Fsp3) is 0.0833. The molecule has 94 valence electrons. The monoisotopic (exact) mass is 346 g/mol. The average Bonchev–Trinajstić information content (AvgIpc) is 2.33. The van der Waals surface area contributed by atoms with Gasteiger partial charge in [-0.3, -0.25) is 0 Å². The van der Waals surface area contributed by atoms with Crippen LogP contribution in [0.2, 0.25) is 10.2 Å². The second-order valence-corrected chi connectivity index (χ2v) is 5.21. The molecule has 0 saturated heterocycles. The Morgan fingerprint density at radius 3 is 2.78 bits per heavy atom. The highest BCUT2D eigenvalue weighted by molar-refractivity contribution is 9.10. The van der Waals surface area contributed by atoms with Crippen molar-refractivity contribution in [3.8, 4) is 5.75 Å². The van der Waals surface area contributed by atoms with Crippen molar-refractivity contribution in [3.05, 3.63) is 50.7 Å². The molecule has 0 aliphatic carbocycles. The molecule has 0 fully saturated rings. The smallest absolute Gasteiger partial charge is 0.143 e. The molecule has 0 radical (unpaired) electrons. The number of rotatable bonds is 3. The molecule has 2 aromatic rings. The molecule has 0 unspecified atom stereocenters. The van der Waals surface area contributed by atoms with Gasteiger partial charge in [-0.15, -0.1) is 0 Å². The van der Waals surface area contributed by atoms with Crippen LogP contribution in [-0.4, -0.2) is 4.98 Å². The summed E-state index contributed by atoms with van der Waals surface area (Å²) < 4.78 is 6.49. The van der Waals surface area contributed by atoms with Gasteiger partial charge in [-0.05, 0) is 24.3 Å². The van der Waals surface area contributed by atoms with Crippen LogP contribution in [0, 0.1) is 0 Å². The van der Waals surface area contributed by atoms with Crippen LogP contribution in [0.3, 0.4) is 0 Å². The summed E-state index contributed by atoms with van der Waals surface area (Å²) in [4.78, 5) is 3.95. The van der Waals surface area contributed by atoms with Crippen molar-refractivity contribution < 1.29 is 4.74 Å². The van der Waals surface area contributed by atoms with E-state index in [9.17, 15) is 0 Å². The van der Waals surface area contributed by atoms with Gasteiger partial charge in [-0.25, -0.2) is 4.98 Å². The molecule has 0 aliphatic heterocycles. The van der Waals surface area contributed by atoms with E-state index in [2.05, 4.69) is 20.9 Å². The van der Waals surface area contributed by atoms with Crippen molar-refractivity contribution >= 4 is 44.8 Å². The van der Waals surface area contributed by atoms with Crippen molar-refractivity contribution in [2.24, 2.45) is 0 Å². The molecule has 0 atom stereocenters. The summed E-state index contributed by atoms with van der Waals surface area (Å²) in [6, 6.07) is 7.04. The Morgan fingerprint density at radius 2 is 2.06 bits per heavy atom. The van der Waals surface area contributed by atoms with E-state index in [-0.39, 0.29) is 6.61 Å². The van der Waals surface area contributed by atoms with E-state index < -0.39 is 0 Å². The van der Waals surface area contributed by atoms with Crippen LogP contribution < -0.4 is 10.5 Å². The van der Waals surface area contributed by atoms with Gasteiger partial charge >= 0.3 is 0 Å². The summed E-state index contributed by atoms with van der Waals surface area (Å²) >= 11 is 15.3. The van der Waals surface area contributed by atoms with Crippen molar-refractivity contribution in [3.63, 3.8) is 0 Å². The van der Waals surface area contributed by atoms with Gasteiger partial charge in [0.05, 0.1) is 10.7 Å². The molecule has 6 heteroatoms. The van der Waals surface area contributed by atoms with Gasteiger partial charge in [0.2, 0.25) is 0 Å². The van der Waals surface area contributed by atoms with Crippen LogP contribution in [0.15, 0.2) is 34.9 Å². The Labute approximate surface area is 123 Å². The zero-order valence-electron chi connectivity index (χ0n) is 9.16. The second-order valence-electron chi connectivity index (χ2n) is 3.53. The number of nitrogen functional groups attached to an aromatic ring is 1. The molecular weight excluding hydrogens is 339 g/mol. The topological polar surface area (TPSA) is 48.1 Å². The maximum Gasteiger partial charge on any atom is 0.143 e. The minimum Gasteiger partial charge on any atom is -0.487 e. The van der Waals surface area contributed by atoms with E-state index in [0.29, 0.717) is 27.2 Å². The van der Waals surface area contributed by atoms with E-state index in [1.165, 1.54) is 0 Å². The molecule has 0 aliphatic rings. The lowest BCUT2D eigenvalue weighted by Crippen LogP contribution is -2.01. The van der Waals surface area contributed by atoms with Crippen LogP contribution >= 0.6 is 39.1 Å². The largest absolute Gasteiger partial charge is 0.487 e. The fourth-order valence-corrected chi connectivity index (χ4v) is 2.16. The summed E-state index contributed by atoms with van der Waals surface area (Å²) in [6.07, 6.45) is 1.54. The molecule has 1 aromatic heterocycles. The predicted molar refractivity (Wildman–Crippen MR) is 77.1 cm³/mol. The molecule has 2 rings (SSSR count). The Bertz CT molecular complexity index is 558. The zero-order chi connectivity index (χ0) is 13.1. The first-order valence-corrected chi connectivity index (χ1v) is 6.59. The van der Waals surface area contributed by atoms with Gasteiger partial charge in [0.1, 0.15) is 17.5 Å². The van der Waals surface area contributed by atoms with Crippen LogP contribution in [0.1, 0.15) is 5.56 Å². The Kier molecular flexibility index (Phi) is 4.32. The quantitative estimate of drug-likeness (QED) is 0.664. The highest BCUT2D eigenvalue weighted by Gasteiger charge is 2.09. The summed E-state index contributed by atoms with van der Waals surface area (Å²) in [5.41, 5.74) is 6.99. The van der Waals surface area contributed by atoms with Gasteiger partial charge in [-0.2, -0.15) is 0 Å². The Balaban J connectivity index is 2.19. The number of hydrogen-bond donors (Lipinski definition) is 1. The third-order valence-corrected chi connectivity index (χ3v) is 3.47. The lowest BCUT2D eigenvalue weighted by Gasteiger charge is -2.11. The van der Waals surface area contributed by atoms with Crippen LogP contribution in [0.5, 0.6) is 5.75 Å². The van der Waals surface area contributed by atoms with Crippen LogP contribution in [-0.2, 0) is 6.61 Å². The molecule has 2 N–H and O–H groups in total. The number of aromatic nitrogens is 1. The molecule has 1 aromatic carbocycles. The number of nitrogens with two attached hydrogens (primary N) is 1. The first kappa shape index (κ1) is 13.5. The molecule has 0 spiro atoms. The lowest BCUT2D eigenvalue weighted by molar-refractivity contribution is 0.307. The predicted octanol–water partition coefficient (Wildman–Crippen LogP) is 4.31. The van der Waals surface area contributed by atoms with Gasteiger partial charge in [0, 0.05) is 16.2 Å². The highest BCUT2D eigenvalue weighted by Crippen LogP contribution is 2.28. The van der Waals surface area contributed by atoms with E-state index in [1.807, 2.05) is 6.07 Å². The second kappa shape index (κ2) is 5.78. The normalized spacial score (nSPS) is 10.4. The van der Waals surface area contributed by atoms with Crippen LogP contribution in [0.4, 0.5) is 5.69 Å². The molecule has 1 heterocycles. The molecule has 0 saturated carbocycles. The number of ether oxygens (including phenoxy) is 1. The third-order valence-electron chi connectivity index (χ3n) is 2.29. The SMILES string of the molecule is Nc1ccc(Br)cc1OCc1c(Cl)ccnc1Cl. The Hall–Kier alpha value is -0.970. The van der Waals surface area contributed by atoms with Gasteiger partial charge < -0.3 is 10.5 Å². The zero-order valence-corrected chi connectivity index (χ0v) is 12.3. The van der Waals surface area contributed by atoms with Gasteiger partial charge in [0.25, 0.3) is 0 Å². The molecule has 18 heavy (non-hydrogen) atoms. The third kappa shape index (κ3) is 3.07. The van der Waals surface area contributed by atoms with Gasteiger partial charge in [0.15, 0.2) is 0 Å². The summed E-state index contributed by atoms with van der Waals surface area (Å²) in [5, 5.41) is 0.847.